The summed E-state index contributed by atoms with van der Waals surface area (Å²) in [7, 11) is 0. The van der Waals surface area contributed by atoms with Crippen molar-refractivity contribution in [3.63, 3.8) is 0 Å². The van der Waals surface area contributed by atoms with Crippen molar-refractivity contribution in [2.24, 2.45) is 0 Å². The van der Waals surface area contributed by atoms with Crippen LogP contribution in [0.15, 0.2) is 49.1 Å². The first-order chi connectivity index (χ1) is 13.8. The van der Waals surface area contributed by atoms with E-state index < -0.39 is 17.6 Å². The predicted octanol–water partition coefficient (Wildman–Crippen LogP) is 5.50. The lowest BCUT2D eigenvalue weighted by Gasteiger charge is -2.12. The SMILES string of the molecule is Fc1c(Nc2ncc(Cc3c[nH]c4ncc(Cl)cc34)cn2)cccc1C(F)(F)F. The molecule has 0 spiro atoms. The normalized spacial score (nSPS) is 11.8. The molecule has 29 heavy (non-hydrogen) atoms. The maximum Gasteiger partial charge on any atom is 0.419 e. The summed E-state index contributed by atoms with van der Waals surface area (Å²) in [5.41, 5.74) is 0.670. The van der Waals surface area contributed by atoms with Gasteiger partial charge in [-0.25, -0.2) is 19.3 Å². The summed E-state index contributed by atoms with van der Waals surface area (Å²) in [6, 6.07) is 4.76. The maximum atomic E-state index is 14.1. The number of H-pyrrole nitrogens is 1. The maximum absolute atomic E-state index is 14.1. The fourth-order valence-electron chi connectivity index (χ4n) is 2.88. The van der Waals surface area contributed by atoms with Crippen LogP contribution in [0.25, 0.3) is 11.0 Å². The van der Waals surface area contributed by atoms with Gasteiger partial charge >= 0.3 is 6.18 Å². The number of alkyl halides is 3. The first-order valence-electron chi connectivity index (χ1n) is 8.36. The van der Waals surface area contributed by atoms with Gasteiger partial charge in [-0.2, -0.15) is 13.2 Å². The topological polar surface area (TPSA) is 66.5 Å². The van der Waals surface area contributed by atoms with Gasteiger partial charge in [-0.1, -0.05) is 17.7 Å². The van der Waals surface area contributed by atoms with Crippen molar-refractivity contribution >= 4 is 34.3 Å². The molecule has 0 aliphatic rings. The van der Waals surface area contributed by atoms with Crippen LogP contribution in [0.5, 0.6) is 0 Å². The van der Waals surface area contributed by atoms with Crippen LogP contribution < -0.4 is 5.32 Å². The number of benzene rings is 1. The molecule has 0 atom stereocenters. The molecule has 0 amide bonds. The van der Waals surface area contributed by atoms with Crippen molar-refractivity contribution in [2.45, 2.75) is 12.6 Å². The molecule has 3 heterocycles. The number of rotatable bonds is 4. The number of nitrogens with one attached hydrogen (secondary N) is 2. The van der Waals surface area contributed by atoms with Gasteiger partial charge in [0.2, 0.25) is 5.95 Å². The van der Waals surface area contributed by atoms with Gasteiger partial charge < -0.3 is 10.3 Å². The zero-order valence-electron chi connectivity index (χ0n) is 14.6. The monoisotopic (exact) mass is 421 g/mol. The van der Waals surface area contributed by atoms with Crippen molar-refractivity contribution in [1.82, 2.24) is 19.9 Å². The van der Waals surface area contributed by atoms with E-state index in [0.29, 0.717) is 23.2 Å². The molecule has 4 aromatic rings. The first-order valence-corrected chi connectivity index (χ1v) is 8.74. The minimum atomic E-state index is -4.79. The second-order valence-electron chi connectivity index (χ2n) is 6.25. The minimum absolute atomic E-state index is 0.0180. The Kier molecular flexibility index (Phi) is 4.83. The van der Waals surface area contributed by atoms with E-state index in [1.54, 1.807) is 18.5 Å². The molecule has 1 aromatic carbocycles. The third kappa shape index (κ3) is 4.00. The molecule has 4 rings (SSSR count). The van der Waals surface area contributed by atoms with Gasteiger partial charge in [-0.3, -0.25) is 0 Å². The third-order valence-corrected chi connectivity index (χ3v) is 4.44. The largest absolute Gasteiger partial charge is 0.419 e. The number of hydrogen-bond acceptors (Lipinski definition) is 4. The van der Waals surface area contributed by atoms with Crippen LogP contribution >= 0.6 is 11.6 Å². The Balaban J connectivity index is 1.53. The Morgan fingerprint density at radius 1 is 1.07 bits per heavy atom. The summed E-state index contributed by atoms with van der Waals surface area (Å²) in [5.74, 6) is -1.42. The zero-order valence-corrected chi connectivity index (χ0v) is 15.3. The Morgan fingerprint density at radius 3 is 2.55 bits per heavy atom. The number of fused-ring (bicyclic) bond motifs is 1. The average Bonchev–Trinajstić information content (AvgIpc) is 3.06. The number of aromatic nitrogens is 4. The highest BCUT2D eigenvalue weighted by atomic mass is 35.5. The van der Waals surface area contributed by atoms with E-state index in [1.165, 1.54) is 18.5 Å². The first kappa shape index (κ1) is 19.1. The van der Waals surface area contributed by atoms with Crippen molar-refractivity contribution in [2.75, 3.05) is 5.32 Å². The van der Waals surface area contributed by atoms with Crippen LogP contribution in [0, 0.1) is 5.82 Å². The standard InChI is InChI=1S/C19H12ClF4N5/c20-12-5-13-11(8-25-17(13)26-9-12)4-10-6-27-18(28-7-10)29-15-3-1-2-14(16(15)21)19(22,23)24/h1-3,5-9H,4H2,(H,25,26)(H,27,28,29). The molecular formula is C19H12ClF4N5. The van der Waals surface area contributed by atoms with Crippen molar-refractivity contribution in [3.05, 3.63) is 76.6 Å². The molecule has 10 heteroatoms. The van der Waals surface area contributed by atoms with Gasteiger partial charge in [-0.15, -0.1) is 0 Å². The molecule has 0 radical (unpaired) electrons. The molecule has 0 saturated heterocycles. The average molecular weight is 422 g/mol. The molecule has 2 N–H and O–H groups in total. The van der Waals surface area contributed by atoms with E-state index in [4.69, 9.17) is 11.6 Å². The van der Waals surface area contributed by atoms with E-state index in [9.17, 15) is 17.6 Å². The van der Waals surface area contributed by atoms with Crippen LogP contribution in [-0.2, 0) is 12.6 Å². The Bertz CT molecular complexity index is 1170. The van der Waals surface area contributed by atoms with E-state index in [1.807, 2.05) is 0 Å². The Morgan fingerprint density at radius 2 is 1.83 bits per heavy atom. The van der Waals surface area contributed by atoms with E-state index in [-0.39, 0.29) is 11.6 Å². The molecule has 0 saturated carbocycles. The number of halogens is 5. The molecule has 0 bridgehead atoms. The van der Waals surface area contributed by atoms with Crippen molar-refractivity contribution < 1.29 is 17.6 Å². The summed E-state index contributed by atoms with van der Waals surface area (Å²) in [6.45, 7) is 0. The second-order valence-corrected chi connectivity index (χ2v) is 6.68. The van der Waals surface area contributed by atoms with E-state index in [0.717, 1.165) is 22.6 Å². The van der Waals surface area contributed by atoms with Crippen LogP contribution in [0.2, 0.25) is 5.02 Å². The van der Waals surface area contributed by atoms with Gasteiger partial charge in [0.15, 0.2) is 5.82 Å². The van der Waals surface area contributed by atoms with Crippen molar-refractivity contribution in [3.8, 4) is 0 Å². The Labute approximate surface area is 166 Å². The number of nitrogens with zero attached hydrogens (tertiary/aromatic N) is 3. The highest BCUT2D eigenvalue weighted by Crippen LogP contribution is 2.34. The number of anilines is 2. The molecule has 0 fully saturated rings. The van der Waals surface area contributed by atoms with Gasteiger partial charge in [0, 0.05) is 36.6 Å². The summed E-state index contributed by atoms with van der Waals surface area (Å²) in [5, 5.41) is 3.85. The summed E-state index contributed by atoms with van der Waals surface area (Å²) >= 11 is 5.99. The van der Waals surface area contributed by atoms with E-state index in [2.05, 4.69) is 25.3 Å². The number of aromatic amines is 1. The highest BCUT2D eigenvalue weighted by Gasteiger charge is 2.34. The second kappa shape index (κ2) is 7.32. The molecule has 0 unspecified atom stereocenters. The van der Waals surface area contributed by atoms with E-state index >= 15 is 0 Å². The highest BCUT2D eigenvalue weighted by molar-refractivity contribution is 6.31. The molecule has 5 nitrogen and oxygen atoms in total. The summed E-state index contributed by atoms with van der Waals surface area (Å²) in [4.78, 5) is 15.4. The van der Waals surface area contributed by atoms with Crippen LogP contribution in [0.3, 0.4) is 0 Å². The molecule has 0 aliphatic heterocycles. The lowest BCUT2D eigenvalue weighted by atomic mass is 10.1. The third-order valence-electron chi connectivity index (χ3n) is 4.23. The molecule has 148 valence electrons. The fraction of sp³-hybridized carbons (Fsp3) is 0.105. The summed E-state index contributed by atoms with van der Waals surface area (Å²) in [6.07, 6.45) is 2.07. The quantitative estimate of drug-likeness (QED) is 0.427. The number of hydrogen-bond donors (Lipinski definition) is 2. The fourth-order valence-corrected chi connectivity index (χ4v) is 3.03. The smallest absolute Gasteiger partial charge is 0.346 e. The van der Waals surface area contributed by atoms with Crippen LogP contribution in [0.1, 0.15) is 16.7 Å². The van der Waals surface area contributed by atoms with Gasteiger partial charge in [0.05, 0.1) is 16.3 Å². The predicted molar refractivity (Wildman–Crippen MR) is 101 cm³/mol. The number of pyridine rings is 1. The van der Waals surface area contributed by atoms with Crippen molar-refractivity contribution in [1.29, 1.82) is 0 Å². The van der Waals surface area contributed by atoms with Crippen LogP contribution in [0.4, 0.5) is 29.2 Å². The molecule has 0 aliphatic carbocycles. The van der Waals surface area contributed by atoms with Crippen LogP contribution in [-0.4, -0.2) is 19.9 Å². The summed E-state index contributed by atoms with van der Waals surface area (Å²) < 4.78 is 52.6. The zero-order chi connectivity index (χ0) is 20.6. The van der Waals surface area contributed by atoms with Gasteiger partial charge in [-0.05, 0) is 29.3 Å². The minimum Gasteiger partial charge on any atom is -0.346 e. The molecular weight excluding hydrogens is 410 g/mol. The Hall–Kier alpha value is -3.20. The lowest BCUT2D eigenvalue weighted by Crippen LogP contribution is -2.10. The van der Waals surface area contributed by atoms with Gasteiger partial charge in [0.1, 0.15) is 5.65 Å². The molecule has 3 aromatic heterocycles. The van der Waals surface area contributed by atoms with Gasteiger partial charge in [0.25, 0.3) is 0 Å². The lowest BCUT2D eigenvalue weighted by molar-refractivity contribution is -0.139.